The zero-order valence-electron chi connectivity index (χ0n) is 12.3. The fourth-order valence-electron chi connectivity index (χ4n) is 2.84. The van der Waals surface area contributed by atoms with Crippen LogP contribution in [0.4, 0.5) is 0 Å². The molecule has 0 atom stereocenters. The topological polar surface area (TPSA) is 35.2 Å². The predicted octanol–water partition coefficient (Wildman–Crippen LogP) is 3.80. The minimum atomic E-state index is 0.116. The van der Waals surface area contributed by atoms with Crippen LogP contribution in [-0.2, 0) is 5.41 Å². The second kappa shape index (κ2) is 6.79. The highest BCUT2D eigenvalue weighted by Crippen LogP contribution is 2.36. The van der Waals surface area contributed by atoms with Crippen LogP contribution in [0.25, 0.3) is 0 Å². The molecule has 1 rings (SSSR count). The zero-order chi connectivity index (χ0) is 13.6. The van der Waals surface area contributed by atoms with Gasteiger partial charge in [0.05, 0.1) is 7.11 Å². The van der Waals surface area contributed by atoms with Crippen molar-refractivity contribution >= 4 is 0 Å². The summed E-state index contributed by atoms with van der Waals surface area (Å²) in [5, 5.41) is 0. The van der Waals surface area contributed by atoms with Crippen molar-refractivity contribution < 1.29 is 4.74 Å². The van der Waals surface area contributed by atoms with Gasteiger partial charge in [0, 0.05) is 12.0 Å². The predicted molar refractivity (Wildman–Crippen MR) is 78.3 cm³/mol. The smallest absolute Gasteiger partial charge is 0.122 e. The van der Waals surface area contributed by atoms with Crippen molar-refractivity contribution in [3.05, 3.63) is 29.3 Å². The quantitative estimate of drug-likeness (QED) is 0.797. The van der Waals surface area contributed by atoms with E-state index >= 15 is 0 Å². The van der Waals surface area contributed by atoms with Gasteiger partial charge in [0.2, 0.25) is 0 Å². The molecule has 0 spiro atoms. The molecule has 0 saturated heterocycles. The molecule has 0 fully saturated rings. The molecular weight excluding hydrogens is 222 g/mol. The molecule has 1 aromatic carbocycles. The van der Waals surface area contributed by atoms with Crippen molar-refractivity contribution in [2.75, 3.05) is 13.7 Å². The minimum absolute atomic E-state index is 0.116. The summed E-state index contributed by atoms with van der Waals surface area (Å²) in [6.45, 7) is 7.24. The Labute approximate surface area is 112 Å². The number of hydrogen-bond donors (Lipinski definition) is 1. The summed E-state index contributed by atoms with van der Waals surface area (Å²) in [6, 6.07) is 6.54. The molecule has 0 unspecified atom stereocenters. The Balaban J connectivity index is 3.19. The van der Waals surface area contributed by atoms with Crippen molar-refractivity contribution in [1.29, 1.82) is 0 Å². The number of ether oxygens (including phenoxy) is 1. The van der Waals surface area contributed by atoms with E-state index in [2.05, 4.69) is 39.0 Å². The summed E-state index contributed by atoms with van der Waals surface area (Å²) >= 11 is 0. The summed E-state index contributed by atoms with van der Waals surface area (Å²) in [5.41, 5.74) is 8.73. The molecule has 0 saturated carbocycles. The van der Waals surface area contributed by atoms with Crippen molar-refractivity contribution in [2.45, 2.75) is 51.9 Å². The van der Waals surface area contributed by atoms with E-state index in [9.17, 15) is 0 Å². The first kappa shape index (κ1) is 15.0. The van der Waals surface area contributed by atoms with E-state index < -0.39 is 0 Å². The molecule has 0 radical (unpaired) electrons. The number of aryl methyl sites for hydroxylation is 1. The SMILES string of the molecule is CCCC(CN)(CCC)c1ccc(C)c(OC)c1. The Morgan fingerprint density at radius 2 is 1.78 bits per heavy atom. The Morgan fingerprint density at radius 1 is 1.17 bits per heavy atom. The number of methoxy groups -OCH3 is 1. The molecule has 0 aliphatic carbocycles. The van der Waals surface area contributed by atoms with E-state index in [1.54, 1.807) is 7.11 Å². The average molecular weight is 249 g/mol. The van der Waals surface area contributed by atoms with Crippen LogP contribution in [0.1, 0.15) is 50.7 Å². The Kier molecular flexibility index (Phi) is 5.67. The molecule has 2 heteroatoms. The molecule has 0 aliphatic heterocycles. The van der Waals surface area contributed by atoms with Gasteiger partial charge in [0.25, 0.3) is 0 Å². The van der Waals surface area contributed by atoms with E-state index in [-0.39, 0.29) is 5.41 Å². The average Bonchev–Trinajstić information content (AvgIpc) is 2.39. The van der Waals surface area contributed by atoms with Gasteiger partial charge in [-0.2, -0.15) is 0 Å². The third kappa shape index (κ3) is 3.05. The molecular formula is C16H27NO. The normalized spacial score (nSPS) is 11.6. The van der Waals surface area contributed by atoms with Crippen molar-refractivity contribution in [3.8, 4) is 5.75 Å². The van der Waals surface area contributed by atoms with Gasteiger partial charge in [-0.05, 0) is 37.0 Å². The monoisotopic (exact) mass is 249 g/mol. The molecule has 0 amide bonds. The molecule has 2 N–H and O–H groups in total. The van der Waals surface area contributed by atoms with Gasteiger partial charge in [0.1, 0.15) is 5.75 Å². The molecule has 18 heavy (non-hydrogen) atoms. The lowest BCUT2D eigenvalue weighted by molar-refractivity contribution is 0.360. The number of nitrogens with two attached hydrogens (primary N) is 1. The summed E-state index contributed by atoms with van der Waals surface area (Å²) in [4.78, 5) is 0. The second-order valence-corrected chi connectivity index (χ2v) is 5.17. The van der Waals surface area contributed by atoms with Crippen molar-refractivity contribution in [2.24, 2.45) is 5.73 Å². The van der Waals surface area contributed by atoms with Crippen LogP contribution in [0.3, 0.4) is 0 Å². The van der Waals surface area contributed by atoms with E-state index in [4.69, 9.17) is 10.5 Å². The summed E-state index contributed by atoms with van der Waals surface area (Å²) < 4.78 is 5.44. The lowest BCUT2D eigenvalue weighted by Gasteiger charge is -2.33. The van der Waals surface area contributed by atoms with Gasteiger partial charge in [0.15, 0.2) is 0 Å². The molecule has 102 valence electrons. The van der Waals surface area contributed by atoms with Crippen LogP contribution in [0.5, 0.6) is 5.75 Å². The van der Waals surface area contributed by atoms with Crippen molar-refractivity contribution in [3.63, 3.8) is 0 Å². The molecule has 0 bridgehead atoms. The minimum Gasteiger partial charge on any atom is -0.496 e. The van der Waals surface area contributed by atoms with E-state index in [0.717, 1.165) is 31.4 Å². The molecule has 0 aromatic heterocycles. The second-order valence-electron chi connectivity index (χ2n) is 5.17. The van der Waals surface area contributed by atoms with Crippen LogP contribution < -0.4 is 10.5 Å². The largest absolute Gasteiger partial charge is 0.496 e. The summed E-state index contributed by atoms with van der Waals surface area (Å²) in [7, 11) is 1.73. The third-order valence-corrected chi connectivity index (χ3v) is 3.87. The number of rotatable bonds is 7. The highest BCUT2D eigenvalue weighted by Gasteiger charge is 2.29. The van der Waals surface area contributed by atoms with E-state index in [1.807, 2.05) is 0 Å². The zero-order valence-corrected chi connectivity index (χ0v) is 12.3. The van der Waals surface area contributed by atoms with Crippen LogP contribution in [-0.4, -0.2) is 13.7 Å². The maximum atomic E-state index is 6.10. The first-order valence-corrected chi connectivity index (χ1v) is 6.98. The lowest BCUT2D eigenvalue weighted by atomic mass is 9.73. The van der Waals surface area contributed by atoms with Gasteiger partial charge in [-0.25, -0.2) is 0 Å². The maximum absolute atomic E-state index is 6.10. The Bertz CT molecular complexity index is 367. The summed E-state index contributed by atoms with van der Waals surface area (Å²) in [5.74, 6) is 0.970. The fraction of sp³-hybridized carbons (Fsp3) is 0.625. The summed E-state index contributed by atoms with van der Waals surface area (Å²) in [6.07, 6.45) is 4.61. The highest BCUT2D eigenvalue weighted by molar-refractivity contribution is 5.40. The molecule has 0 aliphatic rings. The van der Waals surface area contributed by atoms with Crippen LogP contribution >= 0.6 is 0 Å². The number of hydrogen-bond acceptors (Lipinski definition) is 2. The van der Waals surface area contributed by atoms with Crippen LogP contribution in [0.2, 0.25) is 0 Å². The number of benzene rings is 1. The first-order chi connectivity index (χ1) is 8.63. The van der Waals surface area contributed by atoms with Gasteiger partial charge < -0.3 is 10.5 Å². The van der Waals surface area contributed by atoms with Gasteiger partial charge in [-0.1, -0.05) is 38.8 Å². The lowest BCUT2D eigenvalue weighted by Crippen LogP contribution is -2.35. The standard InChI is InChI=1S/C16H27NO/c1-5-9-16(12-17,10-6-2)14-8-7-13(3)15(11-14)18-4/h7-8,11H,5-6,9-10,12,17H2,1-4H3. The highest BCUT2D eigenvalue weighted by atomic mass is 16.5. The van der Waals surface area contributed by atoms with E-state index in [0.29, 0.717) is 6.54 Å². The Hall–Kier alpha value is -1.02. The molecule has 0 heterocycles. The van der Waals surface area contributed by atoms with E-state index in [1.165, 1.54) is 11.1 Å². The Morgan fingerprint density at radius 3 is 2.22 bits per heavy atom. The first-order valence-electron chi connectivity index (χ1n) is 6.98. The third-order valence-electron chi connectivity index (χ3n) is 3.87. The fourth-order valence-corrected chi connectivity index (χ4v) is 2.84. The van der Waals surface area contributed by atoms with Gasteiger partial charge >= 0.3 is 0 Å². The molecule has 2 nitrogen and oxygen atoms in total. The molecule has 1 aromatic rings. The van der Waals surface area contributed by atoms with Crippen LogP contribution in [0.15, 0.2) is 18.2 Å². The maximum Gasteiger partial charge on any atom is 0.122 e. The van der Waals surface area contributed by atoms with Crippen LogP contribution in [0, 0.1) is 6.92 Å². The van der Waals surface area contributed by atoms with Gasteiger partial charge in [-0.3, -0.25) is 0 Å². The van der Waals surface area contributed by atoms with Gasteiger partial charge in [-0.15, -0.1) is 0 Å². The van der Waals surface area contributed by atoms with Crippen molar-refractivity contribution in [1.82, 2.24) is 0 Å².